The van der Waals surface area contributed by atoms with Gasteiger partial charge in [0.15, 0.2) is 17.2 Å². The molecule has 1 aromatic carbocycles. The van der Waals surface area contributed by atoms with Gasteiger partial charge in [-0.1, -0.05) is 6.07 Å². The zero-order chi connectivity index (χ0) is 20.7. The van der Waals surface area contributed by atoms with Gasteiger partial charge in [-0.15, -0.1) is 0 Å². The molecule has 2 amide bonds. The molecule has 30 heavy (non-hydrogen) atoms. The molecule has 3 aromatic heterocycles. The van der Waals surface area contributed by atoms with Crippen molar-refractivity contribution in [3.05, 3.63) is 66.3 Å². The second kappa shape index (κ2) is 7.29. The SMILES string of the molecule is Cc1ccc(NC(=O)N2CC[C@H](n3c(-c4ccco4)nc4cccnc43)C2)cc1F. The number of halogens is 1. The first-order chi connectivity index (χ1) is 14.6. The van der Waals surface area contributed by atoms with E-state index in [-0.39, 0.29) is 17.9 Å². The Bertz CT molecular complexity index is 1220. The van der Waals surface area contributed by atoms with Crippen molar-refractivity contribution in [1.82, 2.24) is 19.4 Å². The molecule has 1 N–H and O–H groups in total. The molecule has 5 rings (SSSR count). The fourth-order valence-electron chi connectivity index (χ4n) is 3.87. The minimum absolute atomic E-state index is 0.00510. The number of hydrogen-bond acceptors (Lipinski definition) is 4. The molecular formula is C22H20FN5O2. The Kier molecular flexibility index (Phi) is 4.46. The molecule has 4 aromatic rings. The Balaban J connectivity index is 1.40. The summed E-state index contributed by atoms with van der Waals surface area (Å²) in [4.78, 5) is 23.7. The zero-order valence-electron chi connectivity index (χ0n) is 16.4. The molecule has 0 radical (unpaired) electrons. The molecule has 1 aliphatic heterocycles. The molecule has 0 spiro atoms. The van der Waals surface area contributed by atoms with Gasteiger partial charge in [-0.3, -0.25) is 0 Å². The highest BCUT2D eigenvalue weighted by molar-refractivity contribution is 5.89. The van der Waals surface area contributed by atoms with Crippen molar-refractivity contribution < 1.29 is 13.6 Å². The standard InChI is InChI=1S/C22H20FN5O2/c1-14-6-7-15(12-17(14)23)25-22(29)27-10-8-16(13-27)28-20-18(4-2-9-24-20)26-21(28)19-5-3-11-30-19/h2-7,9,11-12,16H,8,10,13H2,1H3,(H,25,29)/t16-/m0/s1. The van der Waals surface area contributed by atoms with Gasteiger partial charge in [0.05, 0.1) is 12.3 Å². The van der Waals surface area contributed by atoms with Gasteiger partial charge in [0, 0.05) is 25.0 Å². The highest BCUT2D eigenvalue weighted by Gasteiger charge is 2.31. The number of benzene rings is 1. The maximum atomic E-state index is 13.8. The summed E-state index contributed by atoms with van der Waals surface area (Å²) >= 11 is 0. The number of carbonyl (C=O) groups excluding carboxylic acids is 1. The van der Waals surface area contributed by atoms with Crippen molar-refractivity contribution in [2.75, 3.05) is 18.4 Å². The van der Waals surface area contributed by atoms with Crippen LogP contribution in [0.3, 0.4) is 0 Å². The van der Waals surface area contributed by atoms with Crippen molar-refractivity contribution in [3.8, 4) is 11.6 Å². The van der Waals surface area contributed by atoms with Gasteiger partial charge in [-0.2, -0.15) is 0 Å². The topological polar surface area (TPSA) is 76.2 Å². The number of aryl methyl sites for hydroxylation is 1. The average molecular weight is 405 g/mol. The fraction of sp³-hybridized carbons (Fsp3) is 0.227. The van der Waals surface area contributed by atoms with E-state index in [0.717, 1.165) is 17.6 Å². The number of anilines is 1. The van der Waals surface area contributed by atoms with E-state index < -0.39 is 0 Å². The van der Waals surface area contributed by atoms with Crippen LogP contribution in [-0.4, -0.2) is 38.6 Å². The van der Waals surface area contributed by atoms with E-state index in [2.05, 4.69) is 10.3 Å². The van der Waals surface area contributed by atoms with Gasteiger partial charge in [0.2, 0.25) is 0 Å². The molecule has 152 valence electrons. The first-order valence-electron chi connectivity index (χ1n) is 9.79. The van der Waals surface area contributed by atoms with Crippen LogP contribution < -0.4 is 5.32 Å². The molecule has 1 fully saturated rings. The Morgan fingerprint density at radius 1 is 1.27 bits per heavy atom. The monoisotopic (exact) mass is 405 g/mol. The largest absolute Gasteiger partial charge is 0.461 e. The smallest absolute Gasteiger partial charge is 0.321 e. The van der Waals surface area contributed by atoms with Crippen LogP contribution in [0.25, 0.3) is 22.7 Å². The highest BCUT2D eigenvalue weighted by atomic mass is 19.1. The number of urea groups is 1. The van der Waals surface area contributed by atoms with E-state index in [1.807, 2.05) is 28.8 Å². The number of aromatic nitrogens is 3. The first kappa shape index (κ1) is 18.4. The number of nitrogens with one attached hydrogen (secondary N) is 1. The third-order valence-electron chi connectivity index (χ3n) is 5.43. The minimum Gasteiger partial charge on any atom is -0.461 e. The summed E-state index contributed by atoms with van der Waals surface area (Å²) < 4.78 is 21.4. The summed E-state index contributed by atoms with van der Waals surface area (Å²) in [6, 6.07) is 11.9. The van der Waals surface area contributed by atoms with Crippen LogP contribution in [0.5, 0.6) is 0 Å². The predicted molar refractivity (Wildman–Crippen MR) is 111 cm³/mol. The second-order valence-electron chi connectivity index (χ2n) is 7.41. The predicted octanol–water partition coefficient (Wildman–Crippen LogP) is 4.62. The third kappa shape index (κ3) is 3.20. The van der Waals surface area contributed by atoms with E-state index >= 15 is 0 Å². The molecule has 0 unspecified atom stereocenters. The van der Waals surface area contributed by atoms with Crippen LogP contribution in [0.2, 0.25) is 0 Å². The van der Waals surface area contributed by atoms with E-state index in [1.54, 1.807) is 36.4 Å². The molecule has 7 nitrogen and oxygen atoms in total. The summed E-state index contributed by atoms with van der Waals surface area (Å²) in [5, 5.41) is 2.79. The maximum Gasteiger partial charge on any atom is 0.321 e. The van der Waals surface area contributed by atoms with Crippen molar-refractivity contribution in [2.45, 2.75) is 19.4 Å². The van der Waals surface area contributed by atoms with Crippen molar-refractivity contribution in [1.29, 1.82) is 0 Å². The van der Waals surface area contributed by atoms with Crippen molar-refractivity contribution in [3.63, 3.8) is 0 Å². The quantitative estimate of drug-likeness (QED) is 0.540. The van der Waals surface area contributed by atoms with E-state index in [9.17, 15) is 9.18 Å². The maximum absolute atomic E-state index is 13.8. The number of hydrogen-bond donors (Lipinski definition) is 1. The second-order valence-corrected chi connectivity index (χ2v) is 7.41. The Hall–Kier alpha value is -3.68. The number of imidazole rings is 1. The molecule has 1 saturated heterocycles. The van der Waals surface area contributed by atoms with Gasteiger partial charge >= 0.3 is 6.03 Å². The summed E-state index contributed by atoms with van der Waals surface area (Å²) in [5.41, 5.74) is 2.52. The lowest BCUT2D eigenvalue weighted by Crippen LogP contribution is -2.33. The molecule has 0 bridgehead atoms. The molecule has 8 heteroatoms. The van der Waals surface area contributed by atoms with Gasteiger partial charge in [0.1, 0.15) is 11.3 Å². The van der Waals surface area contributed by atoms with Gasteiger partial charge in [-0.05, 0) is 55.3 Å². The fourth-order valence-corrected chi connectivity index (χ4v) is 3.87. The lowest BCUT2D eigenvalue weighted by molar-refractivity contribution is 0.221. The Morgan fingerprint density at radius 2 is 2.17 bits per heavy atom. The van der Waals surface area contributed by atoms with E-state index in [1.165, 1.54) is 6.07 Å². The van der Waals surface area contributed by atoms with Crippen LogP contribution in [0.1, 0.15) is 18.0 Å². The van der Waals surface area contributed by atoms with Crippen molar-refractivity contribution in [2.24, 2.45) is 0 Å². The summed E-state index contributed by atoms with van der Waals surface area (Å²) in [5.74, 6) is 1.01. The van der Waals surface area contributed by atoms with Gasteiger partial charge < -0.3 is 19.2 Å². The van der Waals surface area contributed by atoms with E-state index in [4.69, 9.17) is 9.40 Å². The van der Waals surface area contributed by atoms with Crippen molar-refractivity contribution >= 4 is 22.9 Å². The summed E-state index contributed by atoms with van der Waals surface area (Å²) in [7, 11) is 0. The van der Waals surface area contributed by atoms with Gasteiger partial charge in [-0.25, -0.2) is 19.2 Å². The first-order valence-corrected chi connectivity index (χ1v) is 9.79. The highest BCUT2D eigenvalue weighted by Crippen LogP contribution is 2.32. The number of carbonyl (C=O) groups is 1. The number of pyridine rings is 1. The third-order valence-corrected chi connectivity index (χ3v) is 5.43. The summed E-state index contributed by atoms with van der Waals surface area (Å²) in [6.07, 6.45) is 4.10. The number of nitrogens with zero attached hydrogens (tertiary/aromatic N) is 4. The number of rotatable bonds is 3. The van der Waals surface area contributed by atoms with Crippen LogP contribution >= 0.6 is 0 Å². The molecule has 0 saturated carbocycles. The number of furan rings is 1. The Labute approximate surface area is 172 Å². The van der Waals surface area contributed by atoms with Crippen LogP contribution in [-0.2, 0) is 0 Å². The van der Waals surface area contributed by atoms with Crippen LogP contribution in [0, 0.1) is 12.7 Å². The number of amides is 2. The molecular weight excluding hydrogens is 385 g/mol. The van der Waals surface area contributed by atoms with Crippen LogP contribution in [0.15, 0.2) is 59.3 Å². The average Bonchev–Trinajstić information content (AvgIpc) is 3.49. The Morgan fingerprint density at radius 3 is 2.97 bits per heavy atom. The van der Waals surface area contributed by atoms with Gasteiger partial charge in [0.25, 0.3) is 0 Å². The number of fused-ring (bicyclic) bond motifs is 1. The molecule has 0 aliphatic carbocycles. The molecule has 1 aliphatic rings. The van der Waals surface area contributed by atoms with E-state index in [0.29, 0.717) is 35.9 Å². The number of likely N-dealkylation sites (tertiary alicyclic amines) is 1. The zero-order valence-corrected chi connectivity index (χ0v) is 16.4. The normalized spacial score (nSPS) is 16.3. The minimum atomic E-state index is -0.342. The molecule has 4 heterocycles. The molecule has 1 atom stereocenters. The summed E-state index contributed by atoms with van der Waals surface area (Å²) in [6.45, 7) is 2.76. The lowest BCUT2D eigenvalue weighted by Gasteiger charge is -2.19. The van der Waals surface area contributed by atoms with Crippen LogP contribution in [0.4, 0.5) is 14.9 Å². The lowest BCUT2D eigenvalue weighted by atomic mass is 10.2.